The Hall–Kier alpha value is -3.15. The van der Waals surface area contributed by atoms with Gasteiger partial charge in [-0.1, -0.05) is 6.92 Å². The maximum absolute atomic E-state index is 13.9. The SMILES string of the molecule is CCCN1Cc2c(O)c3c(c(OC)c2C1)C[C@H]1C[C@H]2[C@H](N(C)C)C(=O)C(C(N)=O)C(=O)[C@@]2(O)C(=O)C1C3=O. The van der Waals surface area contributed by atoms with E-state index < -0.39 is 64.4 Å². The van der Waals surface area contributed by atoms with E-state index in [0.717, 1.165) is 18.5 Å². The lowest BCUT2D eigenvalue weighted by atomic mass is 9.52. The highest BCUT2D eigenvalue weighted by molar-refractivity contribution is 6.32. The van der Waals surface area contributed by atoms with E-state index in [1.807, 2.05) is 6.92 Å². The third kappa shape index (κ3) is 3.34. The third-order valence-electron chi connectivity index (χ3n) is 8.90. The predicted octanol–water partition coefficient (Wildman–Crippen LogP) is -0.399. The van der Waals surface area contributed by atoms with E-state index in [-0.39, 0.29) is 24.2 Å². The van der Waals surface area contributed by atoms with Crippen molar-refractivity contribution in [3.63, 3.8) is 0 Å². The van der Waals surface area contributed by atoms with Crippen LogP contribution in [0.2, 0.25) is 0 Å². The van der Waals surface area contributed by atoms with Gasteiger partial charge < -0.3 is 20.7 Å². The average molecular weight is 528 g/mol. The molecule has 11 heteroatoms. The Labute approximate surface area is 219 Å². The number of primary amides is 1. The molecule has 38 heavy (non-hydrogen) atoms. The Morgan fingerprint density at radius 3 is 2.37 bits per heavy atom. The van der Waals surface area contributed by atoms with Crippen molar-refractivity contribution in [1.29, 1.82) is 0 Å². The van der Waals surface area contributed by atoms with Gasteiger partial charge in [0.25, 0.3) is 0 Å². The zero-order chi connectivity index (χ0) is 27.8. The quantitative estimate of drug-likeness (QED) is 0.429. The van der Waals surface area contributed by atoms with Crippen LogP contribution in [0, 0.1) is 23.7 Å². The smallest absolute Gasteiger partial charge is 0.235 e. The monoisotopic (exact) mass is 527 g/mol. The highest BCUT2D eigenvalue weighted by Crippen LogP contribution is 2.53. The topological polar surface area (TPSA) is 168 Å². The predicted molar refractivity (Wildman–Crippen MR) is 132 cm³/mol. The van der Waals surface area contributed by atoms with Gasteiger partial charge in [-0.15, -0.1) is 0 Å². The third-order valence-corrected chi connectivity index (χ3v) is 8.90. The standard InChI is InChI=1S/C27H33N3O8/c1-5-6-30-9-13-14(10-30)23(38-4)12-7-11-8-15-19(29(2)3)22(33)18(26(28)36)25(35)27(15,37)24(34)16(11)21(32)17(12)20(13)31/h11,15-16,18-19,31,37H,5-10H2,1-4H3,(H2,28,36)/t11-,15-,16?,18?,19-,27-/m0/s1. The number of ether oxygens (including phenoxy) is 1. The number of Topliss-reactive ketones (excluding diaryl/α,β-unsaturated/α-hetero) is 4. The van der Waals surface area contributed by atoms with Gasteiger partial charge in [0, 0.05) is 35.7 Å². The van der Waals surface area contributed by atoms with Crippen molar-refractivity contribution in [3.8, 4) is 11.5 Å². The molecule has 4 aliphatic rings. The minimum Gasteiger partial charge on any atom is -0.507 e. The van der Waals surface area contributed by atoms with E-state index in [1.165, 1.54) is 12.0 Å². The van der Waals surface area contributed by atoms with Crippen LogP contribution in [0.1, 0.15) is 46.8 Å². The molecule has 0 radical (unpaired) electrons. The van der Waals surface area contributed by atoms with Crippen molar-refractivity contribution < 1.29 is 38.9 Å². The Morgan fingerprint density at radius 2 is 1.79 bits per heavy atom. The van der Waals surface area contributed by atoms with Crippen LogP contribution < -0.4 is 10.5 Å². The first-order valence-electron chi connectivity index (χ1n) is 12.9. The lowest BCUT2D eigenvalue weighted by Crippen LogP contribution is -2.74. The van der Waals surface area contributed by atoms with Crippen LogP contribution in [0.4, 0.5) is 0 Å². The van der Waals surface area contributed by atoms with Gasteiger partial charge >= 0.3 is 0 Å². The number of nitrogens with two attached hydrogens (primary N) is 1. The highest BCUT2D eigenvalue weighted by atomic mass is 16.5. The number of nitrogens with zero attached hydrogens (tertiary/aromatic N) is 2. The summed E-state index contributed by atoms with van der Waals surface area (Å²) in [6.07, 6.45) is 1.09. The van der Waals surface area contributed by atoms with E-state index in [0.29, 0.717) is 30.0 Å². The van der Waals surface area contributed by atoms with Gasteiger partial charge in [0.05, 0.1) is 24.6 Å². The first kappa shape index (κ1) is 26.5. The number of hydrogen-bond acceptors (Lipinski definition) is 10. The minimum absolute atomic E-state index is 0.00680. The maximum Gasteiger partial charge on any atom is 0.235 e. The average Bonchev–Trinajstić information content (AvgIpc) is 3.25. The number of aromatic hydroxyl groups is 1. The molecule has 1 amide bonds. The molecule has 2 unspecified atom stereocenters. The summed E-state index contributed by atoms with van der Waals surface area (Å²) in [4.78, 5) is 70.1. The molecule has 1 heterocycles. The number of rotatable bonds is 5. The number of phenolic OH excluding ortho intramolecular Hbond substituents is 1. The maximum atomic E-state index is 13.9. The van der Waals surface area contributed by atoms with E-state index in [1.54, 1.807) is 14.1 Å². The summed E-state index contributed by atoms with van der Waals surface area (Å²) >= 11 is 0. The Morgan fingerprint density at radius 1 is 1.13 bits per heavy atom. The van der Waals surface area contributed by atoms with Crippen molar-refractivity contribution in [1.82, 2.24) is 9.80 Å². The second-order valence-electron chi connectivity index (χ2n) is 11.2. The second kappa shape index (κ2) is 8.96. The number of amides is 1. The first-order valence-corrected chi connectivity index (χ1v) is 12.9. The second-order valence-corrected chi connectivity index (χ2v) is 11.2. The molecule has 5 rings (SSSR count). The molecule has 0 spiro atoms. The van der Waals surface area contributed by atoms with Crippen LogP contribution in [-0.2, 0) is 38.7 Å². The zero-order valence-electron chi connectivity index (χ0n) is 21.9. The fourth-order valence-corrected chi connectivity index (χ4v) is 7.37. The summed E-state index contributed by atoms with van der Waals surface area (Å²) in [5.74, 6) is -9.93. The minimum atomic E-state index is -2.73. The highest BCUT2D eigenvalue weighted by Gasteiger charge is 2.69. The molecule has 1 aromatic rings. The summed E-state index contributed by atoms with van der Waals surface area (Å²) in [6, 6.07) is -1.13. The largest absolute Gasteiger partial charge is 0.507 e. The van der Waals surface area contributed by atoms with Crippen LogP contribution in [0.25, 0.3) is 0 Å². The number of aliphatic hydroxyl groups is 1. The van der Waals surface area contributed by atoms with E-state index in [2.05, 4.69) is 4.90 Å². The fourth-order valence-electron chi connectivity index (χ4n) is 7.37. The van der Waals surface area contributed by atoms with Crippen LogP contribution in [0.15, 0.2) is 0 Å². The van der Waals surface area contributed by atoms with E-state index in [4.69, 9.17) is 10.5 Å². The van der Waals surface area contributed by atoms with E-state index >= 15 is 0 Å². The number of benzene rings is 1. The zero-order valence-corrected chi connectivity index (χ0v) is 21.9. The van der Waals surface area contributed by atoms with Gasteiger partial charge in [0.1, 0.15) is 11.5 Å². The van der Waals surface area contributed by atoms with Crippen molar-refractivity contribution >= 4 is 29.0 Å². The van der Waals surface area contributed by atoms with Crippen molar-refractivity contribution in [2.45, 2.75) is 50.9 Å². The lowest BCUT2D eigenvalue weighted by Gasteiger charge is -2.52. The molecular weight excluding hydrogens is 494 g/mol. The number of ketones is 4. The van der Waals surface area contributed by atoms with Gasteiger partial charge in [-0.2, -0.15) is 0 Å². The fraction of sp³-hybridized carbons (Fsp3) is 0.593. The molecule has 4 N–H and O–H groups in total. The number of fused-ring (bicyclic) bond motifs is 4. The van der Waals surface area contributed by atoms with Gasteiger partial charge in [-0.05, 0) is 45.8 Å². The molecule has 204 valence electrons. The summed E-state index contributed by atoms with van der Waals surface area (Å²) in [6.45, 7) is 3.81. The van der Waals surface area contributed by atoms with Crippen LogP contribution in [-0.4, -0.2) is 88.4 Å². The molecule has 2 fully saturated rings. The van der Waals surface area contributed by atoms with Gasteiger partial charge in [-0.25, -0.2) is 0 Å². The van der Waals surface area contributed by atoms with Crippen molar-refractivity contribution in [2.24, 2.45) is 29.4 Å². The molecule has 0 bridgehead atoms. The van der Waals surface area contributed by atoms with Crippen LogP contribution in [0.3, 0.4) is 0 Å². The molecule has 1 aliphatic heterocycles. The Kier molecular flexibility index (Phi) is 6.24. The van der Waals surface area contributed by atoms with Crippen LogP contribution in [0.5, 0.6) is 11.5 Å². The molecule has 11 nitrogen and oxygen atoms in total. The molecule has 1 aromatic carbocycles. The number of likely N-dealkylation sites (N-methyl/N-ethyl adjacent to an activating group) is 1. The molecule has 2 saturated carbocycles. The number of phenols is 1. The summed E-state index contributed by atoms with van der Waals surface area (Å²) in [5, 5.41) is 22.9. The number of methoxy groups -OCH3 is 1. The first-order chi connectivity index (χ1) is 17.9. The molecule has 0 saturated heterocycles. The molecule has 6 atom stereocenters. The van der Waals surface area contributed by atoms with Crippen molar-refractivity contribution in [3.05, 3.63) is 22.3 Å². The van der Waals surface area contributed by atoms with Gasteiger partial charge in [0.2, 0.25) is 5.91 Å². The normalized spacial score (nSPS) is 32.6. The Balaban J connectivity index is 1.64. The summed E-state index contributed by atoms with van der Waals surface area (Å²) < 4.78 is 5.76. The summed E-state index contributed by atoms with van der Waals surface area (Å²) in [7, 11) is 4.61. The summed E-state index contributed by atoms with van der Waals surface area (Å²) in [5.41, 5.74) is 4.48. The number of carbonyl (C=O) groups is 5. The number of hydrogen-bond donors (Lipinski definition) is 3. The molecule has 0 aromatic heterocycles. The van der Waals surface area contributed by atoms with Crippen molar-refractivity contribution in [2.75, 3.05) is 27.7 Å². The number of carbonyl (C=O) groups excluding carboxylic acids is 5. The van der Waals surface area contributed by atoms with Crippen LogP contribution >= 0.6 is 0 Å². The van der Waals surface area contributed by atoms with Gasteiger partial charge in [0.15, 0.2) is 34.7 Å². The molecule has 3 aliphatic carbocycles. The lowest BCUT2D eigenvalue weighted by molar-refractivity contribution is -0.181. The molecular formula is C27H33N3O8. The Bertz CT molecular complexity index is 1290. The van der Waals surface area contributed by atoms with E-state index in [9.17, 15) is 34.2 Å². The van der Waals surface area contributed by atoms with Gasteiger partial charge in [-0.3, -0.25) is 33.8 Å².